The molecule has 0 spiro atoms. The quantitative estimate of drug-likeness (QED) is 0.704. The smallest absolute Gasteiger partial charge is 0.258 e. The second kappa shape index (κ2) is 3.73. The Morgan fingerprint density at radius 3 is 2.76 bits per heavy atom. The summed E-state index contributed by atoms with van der Waals surface area (Å²) in [5.41, 5.74) is -0.733. The summed E-state index contributed by atoms with van der Waals surface area (Å²) in [6, 6.07) is 1.50. The maximum Gasteiger partial charge on any atom is 0.258 e. The average Bonchev–Trinajstić information content (AvgIpc) is 2.76. The van der Waals surface area contributed by atoms with E-state index in [1.807, 2.05) is 0 Å². The normalized spacial score (nSPS) is 19.1. The zero-order valence-electron chi connectivity index (χ0n) is 9.52. The van der Waals surface area contributed by atoms with Gasteiger partial charge in [-0.1, -0.05) is 0 Å². The van der Waals surface area contributed by atoms with Gasteiger partial charge in [-0.25, -0.2) is 0 Å². The van der Waals surface area contributed by atoms with Crippen LogP contribution in [0, 0.1) is 0 Å². The van der Waals surface area contributed by atoms with Gasteiger partial charge < -0.3 is 9.32 Å². The Morgan fingerprint density at radius 1 is 1.47 bits per heavy atom. The highest BCUT2D eigenvalue weighted by molar-refractivity contribution is 6.08. The van der Waals surface area contributed by atoms with Gasteiger partial charge in [-0.3, -0.25) is 19.7 Å². The van der Waals surface area contributed by atoms with Gasteiger partial charge in [0.1, 0.15) is 18.3 Å². The number of carbonyl (C=O) groups is 3. The highest BCUT2D eigenvalue weighted by Gasteiger charge is 2.43. The lowest BCUT2D eigenvalue weighted by Gasteiger charge is -2.39. The van der Waals surface area contributed by atoms with E-state index in [2.05, 4.69) is 5.32 Å². The predicted molar refractivity (Wildman–Crippen MR) is 57.0 cm³/mol. The zero-order valence-corrected chi connectivity index (χ0v) is 9.52. The Morgan fingerprint density at radius 2 is 2.18 bits per heavy atom. The number of hydrogen-bond acceptors (Lipinski definition) is 4. The number of rotatable bonds is 1. The first-order valence-electron chi connectivity index (χ1n) is 5.11. The Kier molecular flexibility index (Phi) is 2.49. The lowest BCUT2D eigenvalue weighted by Crippen LogP contribution is -2.65. The van der Waals surface area contributed by atoms with Gasteiger partial charge in [-0.15, -0.1) is 0 Å². The van der Waals surface area contributed by atoms with Crippen LogP contribution in [0.3, 0.4) is 0 Å². The predicted octanol–water partition coefficient (Wildman–Crippen LogP) is 0.157. The maximum atomic E-state index is 12.1. The molecule has 0 aromatic carbocycles. The van der Waals surface area contributed by atoms with E-state index in [1.54, 1.807) is 13.8 Å². The van der Waals surface area contributed by atoms with Crippen LogP contribution in [0.2, 0.25) is 0 Å². The molecular weight excluding hydrogens is 224 g/mol. The molecule has 6 nitrogen and oxygen atoms in total. The summed E-state index contributed by atoms with van der Waals surface area (Å²) in [6.07, 6.45) is 2.65. The van der Waals surface area contributed by atoms with Crippen LogP contribution in [0.5, 0.6) is 0 Å². The molecule has 1 fully saturated rings. The fraction of sp³-hybridized carbons (Fsp3) is 0.364. The van der Waals surface area contributed by atoms with Gasteiger partial charge in [-0.2, -0.15) is 0 Å². The van der Waals surface area contributed by atoms with E-state index in [1.165, 1.54) is 23.5 Å². The van der Waals surface area contributed by atoms with Crippen molar-refractivity contribution in [3.63, 3.8) is 0 Å². The molecule has 6 heteroatoms. The van der Waals surface area contributed by atoms with Gasteiger partial charge in [0.25, 0.3) is 11.8 Å². The summed E-state index contributed by atoms with van der Waals surface area (Å²) in [6.45, 7) is 3.04. The molecule has 2 rings (SSSR count). The molecular formula is C11H12N2O4. The maximum absolute atomic E-state index is 12.1. The molecule has 0 bridgehead atoms. The topological polar surface area (TPSA) is 79.6 Å². The van der Waals surface area contributed by atoms with Crippen LogP contribution >= 0.6 is 0 Å². The monoisotopic (exact) mass is 236 g/mol. The molecule has 1 aromatic rings. The second-order valence-electron chi connectivity index (χ2n) is 4.34. The average molecular weight is 236 g/mol. The summed E-state index contributed by atoms with van der Waals surface area (Å²) in [5, 5.41) is 2.20. The Balaban J connectivity index is 2.33. The first-order chi connectivity index (χ1) is 7.93. The molecule has 0 unspecified atom stereocenters. The standard InChI is InChI=1S/C11H12N2O4/c1-11(2)10(16)12-8(14)5-13(11)9(15)7-3-4-17-6-7/h3-4,6H,5H2,1-2H3,(H,12,14,16). The van der Waals surface area contributed by atoms with Crippen molar-refractivity contribution >= 4 is 17.7 Å². The molecule has 1 saturated heterocycles. The number of carbonyl (C=O) groups excluding carboxylic acids is 3. The molecule has 17 heavy (non-hydrogen) atoms. The van der Waals surface area contributed by atoms with Gasteiger partial charge in [-0.05, 0) is 19.9 Å². The number of hydrogen-bond donors (Lipinski definition) is 1. The molecule has 1 aliphatic rings. The van der Waals surface area contributed by atoms with Crippen LogP contribution in [0.25, 0.3) is 0 Å². The van der Waals surface area contributed by atoms with Crippen LogP contribution in [0.15, 0.2) is 23.0 Å². The van der Waals surface area contributed by atoms with Crippen molar-refractivity contribution < 1.29 is 18.8 Å². The number of piperazine rings is 1. The van der Waals surface area contributed by atoms with Crippen molar-refractivity contribution in [2.75, 3.05) is 6.54 Å². The van der Waals surface area contributed by atoms with Crippen molar-refractivity contribution in [2.24, 2.45) is 0 Å². The molecule has 90 valence electrons. The molecule has 0 radical (unpaired) electrons. The number of nitrogens with one attached hydrogen (secondary N) is 1. The van der Waals surface area contributed by atoms with Crippen molar-refractivity contribution in [3.05, 3.63) is 24.2 Å². The fourth-order valence-electron chi connectivity index (χ4n) is 1.65. The lowest BCUT2D eigenvalue weighted by molar-refractivity contribution is -0.143. The number of imide groups is 1. The third-order valence-electron chi connectivity index (χ3n) is 2.80. The van der Waals surface area contributed by atoms with Gasteiger partial charge in [0.15, 0.2) is 0 Å². The Hall–Kier alpha value is -2.11. The molecule has 1 N–H and O–H groups in total. The van der Waals surface area contributed by atoms with E-state index in [0.29, 0.717) is 5.56 Å². The van der Waals surface area contributed by atoms with Gasteiger partial charge in [0, 0.05) is 0 Å². The minimum Gasteiger partial charge on any atom is -0.472 e. The SMILES string of the molecule is CC1(C)C(=O)NC(=O)CN1C(=O)c1ccoc1. The first kappa shape index (κ1) is 11.4. The van der Waals surface area contributed by atoms with E-state index < -0.39 is 23.3 Å². The molecule has 1 aliphatic heterocycles. The number of amides is 3. The Labute approximate surface area is 97.6 Å². The lowest BCUT2D eigenvalue weighted by atomic mass is 9.98. The van der Waals surface area contributed by atoms with E-state index in [9.17, 15) is 14.4 Å². The molecule has 2 heterocycles. The van der Waals surface area contributed by atoms with Crippen molar-refractivity contribution in [3.8, 4) is 0 Å². The molecule has 3 amide bonds. The summed E-state index contributed by atoms with van der Waals surface area (Å²) in [7, 11) is 0. The third kappa shape index (κ3) is 1.82. The molecule has 0 atom stereocenters. The van der Waals surface area contributed by atoms with E-state index in [0.717, 1.165) is 0 Å². The van der Waals surface area contributed by atoms with Crippen molar-refractivity contribution in [1.29, 1.82) is 0 Å². The summed E-state index contributed by atoms with van der Waals surface area (Å²) in [5.74, 6) is -1.36. The molecule has 0 saturated carbocycles. The van der Waals surface area contributed by atoms with Crippen molar-refractivity contribution in [1.82, 2.24) is 10.2 Å². The van der Waals surface area contributed by atoms with Gasteiger partial charge in [0.05, 0.1) is 11.8 Å². The fourth-order valence-corrected chi connectivity index (χ4v) is 1.65. The largest absolute Gasteiger partial charge is 0.472 e. The number of furan rings is 1. The van der Waals surface area contributed by atoms with Crippen LogP contribution in [0.4, 0.5) is 0 Å². The first-order valence-corrected chi connectivity index (χ1v) is 5.11. The van der Waals surface area contributed by atoms with Crippen LogP contribution in [0.1, 0.15) is 24.2 Å². The third-order valence-corrected chi connectivity index (χ3v) is 2.80. The van der Waals surface area contributed by atoms with Crippen LogP contribution < -0.4 is 5.32 Å². The van der Waals surface area contributed by atoms with Crippen molar-refractivity contribution in [2.45, 2.75) is 19.4 Å². The number of nitrogens with zero attached hydrogens (tertiary/aromatic N) is 1. The second-order valence-corrected chi connectivity index (χ2v) is 4.34. The minimum absolute atomic E-state index is 0.136. The highest BCUT2D eigenvalue weighted by Crippen LogP contribution is 2.21. The highest BCUT2D eigenvalue weighted by atomic mass is 16.3. The summed E-state index contributed by atoms with van der Waals surface area (Å²) >= 11 is 0. The van der Waals surface area contributed by atoms with E-state index in [-0.39, 0.29) is 6.54 Å². The Bertz CT molecular complexity index is 476. The van der Waals surface area contributed by atoms with E-state index >= 15 is 0 Å². The van der Waals surface area contributed by atoms with E-state index in [4.69, 9.17) is 4.42 Å². The molecule has 0 aliphatic carbocycles. The van der Waals surface area contributed by atoms with Crippen LogP contribution in [-0.4, -0.2) is 34.7 Å². The van der Waals surface area contributed by atoms with Crippen LogP contribution in [-0.2, 0) is 9.59 Å². The van der Waals surface area contributed by atoms with Gasteiger partial charge >= 0.3 is 0 Å². The minimum atomic E-state index is -1.05. The summed E-state index contributed by atoms with van der Waals surface area (Å²) < 4.78 is 4.82. The molecule has 1 aromatic heterocycles. The summed E-state index contributed by atoms with van der Waals surface area (Å²) in [4.78, 5) is 36.3. The van der Waals surface area contributed by atoms with Gasteiger partial charge in [0.2, 0.25) is 5.91 Å². The zero-order chi connectivity index (χ0) is 12.6.